The molecule has 32 heavy (non-hydrogen) atoms. The maximum absolute atomic E-state index is 12.8. The van der Waals surface area contributed by atoms with Crippen LogP contribution in [-0.4, -0.2) is 67.3 Å². The summed E-state index contributed by atoms with van der Waals surface area (Å²) in [5, 5.41) is 13.5. The Morgan fingerprint density at radius 2 is 1.62 bits per heavy atom. The molecule has 170 valence electrons. The number of nitro benzene ring substituents is 1. The molecule has 0 atom stereocenters. The lowest BCUT2D eigenvalue weighted by Gasteiger charge is -2.33. The predicted octanol–water partition coefficient (Wildman–Crippen LogP) is 1.35. The van der Waals surface area contributed by atoms with E-state index in [0.29, 0.717) is 0 Å². The van der Waals surface area contributed by atoms with Gasteiger partial charge in [-0.2, -0.15) is 4.31 Å². The molecule has 1 heterocycles. The molecule has 1 N–H and O–H groups in total. The molecule has 2 aromatic carbocycles. The summed E-state index contributed by atoms with van der Waals surface area (Å²) in [6.07, 6.45) is -0.736. The normalized spacial score (nSPS) is 14.6. The molecule has 0 radical (unpaired) electrons. The Hall–Kier alpha value is -3.51. The fourth-order valence-electron chi connectivity index (χ4n) is 3.18. The van der Waals surface area contributed by atoms with Crippen molar-refractivity contribution in [3.05, 3.63) is 70.3 Å². The van der Waals surface area contributed by atoms with Gasteiger partial charge in [0.05, 0.1) is 4.92 Å². The van der Waals surface area contributed by atoms with Gasteiger partial charge in [0.1, 0.15) is 13.2 Å². The van der Waals surface area contributed by atoms with E-state index in [2.05, 4.69) is 5.32 Å². The summed E-state index contributed by atoms with van der Waals surface area (Å²) in [6.45, 7) is -0.0520. The van der Waals surface area contributed by atoms with E-state index in [9.17, 15) is 28.1 Å². The van der Waals surface area contributed by atoms with Crippen LogP contribution < -0.4 is 5.32 Å². The standard InChI is InChI=1S/C20H22N4O7S/c25-19(14-21-20(26)31-15-16-6-2-1-3-7-16)22-10-12-23(13-11-22)32(29,30)18-9-5-4-8-17(18)24(27)28/h1-9H,10-15H2,(H,21,26). The van der Waals surface area contributed by atoms with E-state index < -0.39 is 26.7 Å². The van der Waals surface area contributed by atoms with Gasteiger partial charge in [0, 0.05) is 32.2 Å². The summed E-state index contributed by atoms with van der Waals surface area (Å²) in [5.74, 6) is -0.385. The van der Waals surface area contributed by atoms with Gasteiger partial charge in [-0.25, -0.2) is 13.2 Å². The number of carbonyl (C=O) groups is 2. The molecule has 2 aromatic rings. The fraction of sp³-hybridized carbons (Fsp3) is 0.300. The molecule has 1 aliphatic rings. The number of piperazine rings is 1. The number of amides is 2. The van der Waals surface area contributed by atoms with Crippen molar-refractivity contribution in [1.29, 1.82) is 0 Å². The molecule has 0 spiro atoms. The van der Waals surface area contributed by atoms with Crippen LogP contribution in [0, 0.1) is 10.1 Å². The van der Waals surface area contributed by atoms with Gasteiger partial charge in [-0.05, 0) is 11.6 Å². The van der Waals surface area contributed by atoms with Crippen LogP contribution in [-0.2, 0) is 26.2 Å². The molecule has 0 aromatic heterocycles. The third-order valence-electron chi connectivity index (χ3n) is 4.87. The second-order valence-corrected chi connectivity index (χ2v) is 8.83. The van der Waals surface area contributed by atoms with Crippen molar-refractivity contribution in [2.75, 3.05) is 32.7 Å². The summed E-state index contributed by atoms with van der Waals surface area (Å²) in [4.78, 5) is 35.6. The number of benzene rings is 2. The van der Waals surface area contributed by atoms with Gasteiger partial charge in [0.2, 0.25) is 15.9 Å². The van der Waals surface area contributed by atoms with E-state index in [0.717, 1.165) is 15.9 Å². The number of alkyl carbamates (subject to hydrolysis) is 1. The first kappa shape index (κ1) is 23.2. The maximum Gasteiger partial charge on any atom is 0.407 e. The SMILES string of the molecule is O=C(NCC(=O)N1CCN(S(=O)(=O)c2ccccc2[N+](=O)[O-])CC1)OCc1ccccc1. The Kier molecular flexibility index (Phi) is 7.38. The van der Waals surface area contributed by atoms with Crippen LogP contribution in [0.15, 0.2) is 59.5 Å². The first-order chi connectivity index (χ1) is 15.3. The highest BCUT2D eigenvalue weighted by Gasteiger charge is 2.34. The summed E-state index contributed by atoms with van der Waals surface area (Å²) in [6, 6.07) is 14.2. The van der Waals surface area contributed by atoms with Gasteiger partial charge in [0.15, 0.2) is 4.90 Å². The molecular formula is C20H22N4O7S. The Morgan fingerprint density at radius 1 is 1.00 bits per heavy atom. The second kappa shape index (κ2) is 10.2. The first-order valence-corrected chi connectivity index (χ1v) is 11.2. The van der Waals surface area contributed by atoms with E-state index >= 15 is 0 Å². The molecule has 0 saturated carbocycles. The van der Waals surface area contributed by atoms with Gasteiger partial charge >= 0.3 is 6.09 Å². The van der Waals surface area contributed by atoms with Crippen LogP contribution in [0.25, 0.3) is 0 Å². The third-order valence-corrected chi connectivity index (χ3v) is 6.81. The minimum absolute atomic E-state index is 0.0153. The van der Waals surface area contributed by atoms with Crippen LogP contribution in [0.3, 0.4) is 0 Å². The Balaban J connectivity index is 1.49. The summed E-state index contributed by atoms with van der Waals surface area (Å²) in [7, 11) is -4.08. The lowest BCUT2D eigenvalue weighted by Crippen LogP contribution is -2.52. The number of hydrogen-bond acceptors (Lipinski definition) is 7. The van der Waals surface area contributed by atoms with E-state index in [1.54, 1.807) is 12.1 Å². The lowest BCUT2D eigenvalue weighted by molar-refractivity contribution is -0.387. The molecule has 0 unspecified atom stereocenters. The average Bonchev–Trinajstić information content (AvgIpc) is 2.82. The number of sulfonamides is 1. The van der Waals surface area contributed by atoms with Crippen molar-refractivity contribution in [1.82, 2.24) is 14.5 Å². The minimum Gasteiger partial charge on any atom is -0.445 e. The molecular weight excluding hydrogens is 440 g/mol. The molecule has 1 saturated heterocycles. The molecule has 1 fully saturated rings. The van der Waals surface area contributed by atoms with Gasteiger partial charge in [-0.1, -0.05) is 42.5 Å². The predicted molar refractivity (Wildman–Crippen MR) is 113 cm³/mol. The van der Waals surface area contributed by atoms with Gasteiger partial charge in [-0.3, -0.25) is 14.9 Å². The van der Waals surface area contributed by atoms with Crippen LogP contribution in [0.1, 0.15) is 5.56 Å². The number of ether oxygens (including phenoxy) is 1. The van der Waals surface area contributed by atoms with Crippen LogP contribution in [0.2, 0.25) is 0 Å². The number of hydrogen-bond donors (Lipinski definition) is 1. The maximum atomic E-state index is 12.8. The fourth-order valence-corrected chi connectivity index (χ4v) is 4.76. The summed E-state index contributed by atoms with van der Waals surface area (Å²) >= 11 is 0. The highest BCUT2D eigenvalue weighted by atomic mass is 32.2. The van der Waals surface area contributed by atoms with E-state index in [1.165, 1.54) is 23.1 Å². The highest BCUT2D eigenvalue weighted by molar-refractivity contribution is 7.89. The zero-order chi connectivity index (χ0) is 23.1. The van der Waals surface area contributed by atoms with E-state index in [-0.39, 0.29) is 50.1 Å². The minimum atomic E-state index is -4.08. The average molecular weight is 462 g/mol. The smallest absolute Gasteiger partial charge is 0.407 e. The highest BCUT2D eigenvalue weighted by Crippen LogP contribution is 2.26. The summed E-state index contributed by atoms with van der Waals surface area (Å²) in [5.41, 5.74) is 0.314. The zero-order valence-corrected chi connectivity index (χ0v) is 17.9. The number of rotatable bonds is 7. The van der Waals surface area contributed by atoms with Gasteiger partial charge in [0.25, 0.3) is 5.69 Å². The number of nitrogens with zero attached hydrogens (tertiary/aromatic N) is 3. The second-order valence-electron chi connectivity index (χ2n) is 6.92. The Bertz CT molecular complexity index is 1080. The quantitative estimate of drug-likeness (QED) is 0.484. The Morgan fingerprint density at radius 3 is 2.28 bits per heavy atom. The molecule has 0 aliphatic carbocycles. The largest absolute Gasteiger partial charge is 0.445 e. The van der Waals surface area contributed by atoms with Crippen LogP contribution in [0.4, 0.5) is 10.5 Å². The lowest BCUT2D eigenvalue weighted by atomic mass is 10.2. The third kappa shape index (κ3) is 5.59. The summed E-state index contributed by atoms with van der Waals surface area (Å²) < 4.78 is 31.8. The monoisotopic (exact) mass is 462 g/mol. The zero-order valence-electron chi connectivity index (χ0n) is 17.0. The Labute approximate surface area is 184 Å². The van der Waals surface area contributed by atoms with Crippen molar-refractivity contribution in [2.45, 2.75) is 11.5 Å². The number of para-hydroxylation sites is 1. The molecule has 2 amide bonds. The first-order valence-electron chi connectivity index (χ1n) is 9.75. The molecule has 11 nitrogen and oxygen atoms in total. The molecule has 3 rings (SSSR count). The van der Waals surface area contributed by atoms with Crippen molar-refractivity contribution in [2.24, 2.45) is 0 Å². The molecule has 0 bridgehead atoms. The van der Waals surface area contributed by atoms with Crippen molar-refractivity contribution >= 4 is 27.7 Å². The van der Waals surface area contributed by atoms with E-state index in [1.807, 2.05) is 18.2 Å². The van der Waals surface area contributed by atoms with Crippen LogP contribution >= 0.6 is 0 Å². The van der Waals surface area contributed by atoms with E-state index in [4.69, 9.17) is 4.74 Å². The van der Waals surface area contributed by atoms with Crippen molar-refractivity contribution in [3.63, 3.8) is 0 Å². The van der Waals surface area contributed by atoms with Gasteiger partial charge in [-0.15, -0.1) is 0 Å². The number of nitro groups is 1. The van der Waals surface area contributed by atoms with Gasteiger partial charge < -0.3 is 15.0 Å². The number of carbonyl (C=O) groups excluding carboxylic acids is 2. The number of nitrogens with one attached hydrogen (secondary N) is 1. The topological polar surface area (TPSA) is 139 Å². The molecule has 1 aliphatic heterocycles. The van der Waals surface area contributed by atoms with Crippen molar-refractivity contribution < 1.29 is 27.7 Å². The van der Waals surface area contributed by atoms with Crippen LogP contribution in [0.5, 0.6) is 0 Å². The van der Waals surface area contributed by atoms with Crippen molar-refractivity contribution in [3.8, 4) is 0 Å². The molecule has 12 heteroatoms.